The maximum absolute atomic E-state index is 11.4. The number of nitrogens with two attached hydrogens (primary N) is 1. The summed E-state index contributed by atoms with van der Waals surface area (Å²) in [5.74, 6) is 1.03. The van der Waals surface area contributed by atoms with E-state index in [2.05, 4.69) is 25.6 Å². The van der Waals surface area contributed by atoms with Crippen molar-refractivity contribution in [2.45, 2.75) is 38.3 Å². The highest BCUT2D eigenvalue weighted by Gasteiger charge is 2.21. The Hall–Kier alpha value is -3.33. The van der Waals surface area contributed by atoms with Crippen molar-refractivity contribution < 1.29 is 4.92 Å². The van der Waals surface area contributed by atoms with Gasteiger partial charge in [0, 0.05) is 30.7 Å². The molecule has 2 aromatic heterocycles. The van der Waals surface area contributed by atoms with Gasteiger partial charge in [0.05, 0.1) is 10.4 Å². The molecule has 0 unspecified atom stereocenters. The van der Waals surface area contributed by atoms with Gasteiger partial charge in [-0.25, -0.2) is 4.98 Å². The van der Waals surface area contributed by atoms with Crippen molar-refractivity contribution in [1.82, 2.24) is 15.0 Å². The number of hydrogen-bond donors (Lipinski definition) is 3. The molecular formula is C21H25N7O2. The van der Waals surface area contributed by atoms with Gasteiger partial charge in [-0.1, -0.05) is 18.2 Å². The monoisotopic (exact) mass is 407 g/mol. The minimum Gasteiger partial charge on any atom is -0.364 e. The first-order valence-corrected chi connectivity index (χ1v) is 10.2. The molecule has 3 aromatic rings. The number of aromatic nitrogens is 3. The van der Waals surface area contributed by atoms with Gasteiger partial charge in [-0.05, 0) is 49.3 Å². The van der Waals surface area contributed by atoms with Crippen LogP contribution in [0.15, 0.2) is 42.7 Å². The van der Waals surface area contributed by atoms with E-state index < -0.39 is 4.92 Å². The summed E-state index contributed by atoms with van der Waals surface area (Å²) in [6.07, 6.45) is 7.03. The summed E-state index contributed by atoms with van der Waals surface area (Å²) >= 11 is 0. The Bertz CT molecular complexity index is 1030. The van der Waals surface area contributed by atoms with Gasteiger partial charge in [0.25, 0.3) is 0 Å². The SMILES string of the molecule is NC1CCC(CNc2nc(NCc3cccc4ncccc34)ncc2[N+](=O)[O-])CC1. The number of nitro groups is 1. The highest BCUT2D eigenvalue weighted by atomic mass is 16.6. The molecule has 0 aliphatic heterocycles. The zero-order valence-corrected chi connectivity index (χ0v) is 16.6. The largest absolute Gasteiger partial charge is 0.364 e. The van der Waals surface area contributed by atoms with E-state index in [0.29, 0.717) is 25.0 Å². The molecule has 156 valence electrons. The maximum atomic E-state index is 11.4. The van der Waals surface area contributed by atoms with Crippen LogP contribution < -0.4 is 16.4 Å². The van der Waals surface area contributed by atoms with E-state index in [1.54, 1.807) is 6.20 Å². The Kier molecular flexibility index (Phi) is 5.99. The molecule has 0 saturated heterocycles. The van der Waals surface area contributed by atoms with Gasteiger partial charge < -0.3 is 16.4 Å². The zero-order valence-electron chi connectivity index (χ0n) is 16.6. The number of nitrogens with zero attached hydrogens (tertiary/aromatic N) is 4. The fraction of sp³-hybridized carbons (Fsp3) is 0.381. The van der Waals surface area contributed by atoms with Crippen molar-refractivity contribution in [3.63, 3.8) is 0 Å². The predicted molar refractivity (Wildman–Crippen MR) is 116 cm³/mol. The van der Waals surface area contributed by atoms with Crippen LogP contribution >= 0.6 is 0 Å². The molecule has 1 saturated carbocycles. The van der Waals surface area contributed by atoms with E-state index in [9.17, 15) is 10.1 Å². The van der Waals surface area contributed by atoms with Crippen LogP contribution in [0.3, 0.4) is 0 Å². The van der Waals surface area contributed by atoms with E-state index in [1.807, 2.05) is 30.3 Å². The van der Waals surface area contributed by atoms with Gasteiger partial charge in [0.1, 0.15) is 6.20 Å². The number of benzene rings is 1. The topological polar surface area (TPSA) is 132 Å². The Morgan fingerprint density at radius 2 is 1.93 bits per heavy atom. The summed E-state index contributed by atoms with van der Waals surface area (Å²) in [6.45, 7) is 1.12. The summed E-state index contributed by atoms with van der Waals surface area (Å²) in [4.78, 5) is 23.8. The molecule has 0 atom stereocenters. The molecule has 0 radical (unpaired) electrons. The van der Waals surface area contributed by atoms with Crippen molar-refractivity contribution in [3.8, 4) is 0 Å². The van der Waals surface area contributed by atoms with Crippen LogP contribution in [0.2, 0.25) is 0 Å². The van der Waals surface area contributed by atoms with Crippen LogP contribution in [0.25, 0.3) is 10.9 Å². The van der Waals surface area contributed by atoms with Gasteiger partial charge in [-0.2, -0.15) is 4.98 Å². The van der Waals surface area contributed by atoms with E-state index in [4.69, 9.17) is 5.73 Å². The molecule has 9 nitrogen and oxygen atoms in total. The lowest BCUT2D eigenvalue weighted by Gasteiger charge is -2.26. The number of nitrogens with one attached hydrogen (secondary N) is 2. The van der Waals surface area contributed by atoms with E-state index in [0.717, 1.165) is 42.1 Å². The Morgan fingerprint density at radius 3 is 2.73 bits per heavy atom. The number of fused-ring (bicyclic) bond motifs is 1. The second-order valence-corrected chi connectivity index (χ2v) is 7.69. The van der Waals surface area contributed by atoms with Gasteiger partial charge in [0.15, 0.2) is 0 Å². The van der Waals surface area contributed by atoms with Crippen molar-refractivity contribution in [1.29, 1.82) is 0 Å². The molecule has 30 heavy (non-hydrogen) atoms. The number of pyridine rings is 1. The molecule has 0 amide bonds. The molecule has 0 bridgehead atoms. The van der Waals surface area contributed by atoms with Crippen LogP contribution in [-0.4, -0.2) is 32.5 Å². The third-order valence-corrected chi connectivity index (χ3v) is 5.59. The Labute approximate surface area is 174 Å². The average molecular weight is 407 g/mol. The molecule has 0 spiro atoms. The summed E-state index contributed by atoms with van der Waals surface area (Å²) in [5, 5.41) is 18.8. The lowest BCUT2D eigenvalue weighted by atomic mass is 9.86. The average Bonchev–Trinajstić information content (AvgIpc) is 2.77. The number of hydrogen-bond acceptors (Lipinski definition) is 8. The standard InChI is InChI=1S/C21H25N7O2/c22-16-8-6-14(7-9-16)11-24-20-19(28(29)30)13-26-21(27-20)25-12-15-3-1-5-18-17(15)4-2-10-23-18/h1-5,10,13-14,16H,6-9,11-12,22H2,(H2,24,25,26,27). The van der Waals surface area contributed by atoms with Crippen LogP contribution in [0.1, 0.15) is 31.2 Å². The Morgan fingerprint density at radius 1 is 1.10 bits per heavy atom. The molecule has 1 aliphatic rings. The maximum Gasteiger partial charge on any atom is 0.329 e. The van der Waals surface area contributed by atoms with Crippen molar-refractivity contribution in [3.05, 3.63) is 58.4 Å². The zero-order chi connectivity index (χ0) is 20.9. The fourth-order valence-corrected chi connectivity index (χ4v) is 3.85. The van der Waals surface area contributed by atoms with Gasteiger partial charge in [0.2, 0.25) is 11.8 Å². The van der Waals surface area contributed by atoms with E-state index in [1.165, 1.54) is 6.20 Å². The van der Waals surface area contributed by atoms with E-state index in [-0.39, 0.29) is 17.5 Å². The first-order valence-electron chi connectivity index (χ1n) is 10.2. The number of anilines is 2. The summed E-state index contributed by atoms with van der Waals surface area (Å²) < 4.78 is 0. The van der Waals surface area contributed by atoms with Gasteiger partial charge in [-0.15, -0.1) is 0 Å². The Balaban J connectivity index is 1.47. The molecule has 4 rings (SSSR count). The summed E-state index contributed by atoms with van der Waals surface area (Å²) in [7, 11) is 0. The first-order chi connectivity index (χ1) is 14.6. The van der Waals surface area contributed by atoms with Crippen molar-refractivity contribution in [2.24, 2.45) is 11.7 Å². The van der Waals surface area contributed by atoms with Crippen LogP contribution in [0.5, 0.6) is 0 Å². The van der Waals surface area contributed by atoms with Crippen LogP contribution in [0, 0.1) is 16.0 Å². The molecule has 1 aliphatic carbocycles. The fourth-order valence-electron chi connectivity index (χ4n) is 3.85. The minimum atomic E-state index is -0.459. The quantitative estimate of drug-likeness (QED) is 0.401. The second kappa shape index (κ2) is 9.00. The minimum absolute atomic E-state index is 0.123. The van der Waals surface area contributed by atoms with Crippen LogP contribution in [-0.2, 0) is 6.54 Å². The first kappa shape index (κ1) is 20.0. The molecule has 1 fully saturated rings. The third-order valence-electron chi connectivity index (χ3n) is 5.59. The molecule has 1 aromatic carbocycles. The van der Waals surface area contributed by atoms with Gasteiger partial charge in [-0.3, -0.25) is 15.1 Å². The highest BCUT2D eigenvalue weighted by molar-refractivity contribution is 5.82. The summed E-state index contributed by atoms with van der Waals surface area (Å²) in [5.41, 5.74) is 7.80. The number of rotatable bonds is 7. The van der Waals surface area contributed by atoms with E-state index >= 15 is 0 Å². The lowest BCUT2D eigenvalue weighted by molar-refractivity contribution is -0.384. The smallest absolute Gasteiger partial charge is 0.329 e. The molecule has 4 N–H and O–H groups in total. The van der Waals surface area contributed by atoms with Gasteiger partial charge >= 0.3 is 5.69 Å². The normalized spacial score (nSPS) is 18.8. The second-order valence-electron chi connectivity index (χ2n) is 7.69. The summed E-state index contributed by atoms with van der Waals surface area (Å²) in [6, 6.07) is 10.1. The molecule has 2 heterocycles. The molecule has 9 heteroatoms. The van der Waals surface area contributed by atoms with Crippen LogP contribution in [0.4, 0.5) is 17.5 Å². The van der Waals surface area contributed by atoms with Crippen molar-refractivity contribution >= 4 is 28.4 Å². The lowest BCUT2D eigenvalue weighted by Crippen LogP contribution is -2.29. The highest BCUT2D eigenvalue weighted by Crippen LogP contribution is 2.27. The predicted octanol–water partition coefficient (Wildman–Crippen LogP) is 3.47. The third kappa shape index (κ3) is 4.62. The molecular weight excluding hydrogens is 382 g/mol. The van der Waals surface area contributed by atoms with Crippen molar-refractivity contribution in [2.75, 3.05) is 17.2 Å².